The molecule has 0 bridgehead atoms. The van der Waals surface area contributed by atoms with Gasteiger partial charge in [0.1, 0.15) is 11.2 Å². The van der Waals surface area contributed by atoms with Crippen LogP contribution < -0.4 is 0 Å². The van der Waals surface area contributed by atoms with Crippen LogP contribution in [0.15, 0.2) is 41.0 Å². The minimum absolute atomic E-state index is 0.0296. The van der Waals surface area contributed by atoms with Crippen molar-refractivity contribution >= 4 is 16.1 Å². The second-order valence-electron chi connectivity index (χ2n) is 3.66. The summed E-state index contributed by atoms with van der Waals surface area (Å²) in [7, 11) is -2.70. The predicted octanol–water partition coefficient (Wildman–Crippen LogP) is 1.78. The zero-order valence-electron chi connectivity index (χ0n) is 10.3. The number of benzene rings is 1. The number of hydrogen-bond donors (Lipinski definition) is 0. The number of esters is 1. The van der Waals surface area contributed by atoms with Crippen LogP contribution in [-0.2, 0) is 23.8 Å². The third-order valence-electron chi connectivity index (χ3n) is 2.17. The van der Waals surface area contributed by atoms with E-state index < -0.39 is 16.1 Å². The highest BCUT2D eigenvalue weighted by atomic mass is 32.2. The van der Waals surface area contributed by atoms with Crippen LogP contribution in [0.25, 0.3) is 0 Å². The quantitative estimate of drug-likeness (QED) is 0.361. The van der Waals surface area contributed by atoms with Gasteiger partial charge in [-0.2, -0.15) is 8.42 Å². The maximum absolute atomic E-state index is 11.7. The van der Waals surface area contributed by atoms with Crippen LogP contribution in [0.4, 0.5) is 0 Å². The third-order valence-corrected chi connectivity index (χ3v) is 3.37. The van der Waals surface area contributed by atoms with E-state index in [1.54, 1.807) is 12.1 Å². The fraction of sp³-hybridized carbons (Fsp3) is 0.250. The standard InChI is InChI=1S/C12H14O5S/c1-9-4-6-11(7-5-9)18(14,15)17-8-10(2)12(13)16-3/h4-8H,1-3H3/b10-8-. The fourth-order valence-corrected chi connectivity index (χ4v) is 1.96. The lowest BCUT2D eigenvalue weighted by atomic mass is 10.2. The SMILES string of the molecule is COC(=O)/C(C)=C\OS(=O)(=O)c1ccc(C)cc1. The van der Waals surface area contributed by atoms with Crippen molar-refractivity contribution in [2.45, 2.75) is 18.7 Å². The summed E-state index contributed by atoms with van der Waals surface area (Å²) in [6.45, 7) is 3.25. The largest absolute Gasteiger partial charge is 0.466 e. The highest BCUT2D eigenvalue weighted by Gasteiger charge is 2.15. The molecule has 6 heteroatoms. The van der Waals surface area contributed by atoms with Crippen LogP contribution in [0.2, 0.25) is 0 Å². The molecule has 0 amide bonds. The third kappa shape index (κ3) is 3.59. The molecule has 98 valence electrons. The zero-order chi connectivity index (χ0) is 13.8. The van der Waals surface area contributed by atoms with Crippen molar-refractivity contribution < 1.29 is 22.1 Å². The Morgan fingerprint density at radius 1 is 1.22 bits per heavy atom. The van der Waals surface area contributed by atoms with Gasteiger partial charge in [0, 0.05) is 0 Å². The highest BCUT2D eigenvalue weighted by molar-refractivity contribution is 7.86. The summed E-state index contributed by atoms with van der Waals surface area (Å²) < 4.78 is 32.5. The van der Waals surface area contributed by atoms with Crippen molar-refractivity contribution in [3.05, 3.63) is 41.7 Å². The first-order valence-corrected chi connectivity index (χ1v) is 6.52. The Hall–Kier alpha value is -1.82. The molecule has 0 fully saturated rings. The molecule has 0 aliphatic heterocycles. The van der Waals surface area contributed by atoms with E-state index in [2.05, 4.69) is 8.92 Å². The van der Waals surface area contributed by atoms with Gasteiger partial charge in [0.25, 0.3) is 0 Å². The van der Waals surface area contributed by atoms with Crippen molar-refractivity contribution in [2.24, 2.45) is 0 Å². The second kappa shape index (κ2) is 5.68. The molecule has 0 aliphatic carbocycles. The fourth-order valence-electron chi connectivity index (χ4n) is 1.11. The summed E-state index contributed by atoms with van der Waals surface area (Å²) >= 11 is 0. The van der Waals surface area contributed by atoms with Crippen molar-refractivity contribution in [1.29, 1.82) is 0 Å². The van der Waals surface area contributed by atoms with Crippen LogP contribution in [0, 0.1) is 6.92 Å². The molecule has 1 rings (SSSR count). The number of rotatable bonds is 4. The number of carbonyl (C=O) groups is 1. The normalized spacial score (nSPS) is 12.1. The molecule has 1 aromatic rings. The van der Waals surface area contributed by atoms with E-state index in [-0.39, 0.29) is 10.5 Å². The summed E-state index contributed by atoms with van der Waals surface area (Å²) in [6, 6.07) is 6.19. The van der Waals surface area contributed by atoms with Gasteiger partial charge in [-0.1, -0.05) is 17.7 Å². The molecule has 0 aromatic heterocycles. The molecule has 0 radical (unpaired) electrons. The zero-order valence-corrected chi connectivity index (χ0v) is 11.2. The van der Waals surface area contributed by atoms with E-state index in [1.807, 2.05) is 6.92 Å². The highest BCUT2D eigenvalue weighted by Crippen LogP contribution is 2.14. The number of carbonyl (C=O) groups excluding carboxylic acids is 1. The Labute approximate surface area is 106 Å². The molecular weight excluding hydrogens is 256 g/mol. The van der Waals surface area contributed by atoms with Crippen LogP contribution in [-0.4, -0.2) is 21.5 Å². The molecule has 0 saturated heterocycles. The van der Waals surface area contributed by atoms with Gasteiger partial charge >= 0.3 is 16.1 Å². The van der Waals surface area contributed by atoms with Gasteiger partial charge in [-0.15, -0.1) is 0 Å². The topological polar surface area (TPSA) is 69.7 Å². The molecule has 0 heterocycles. The minimum Gasteiger partial charge on any atom is -0.466 e. The Morgan fingerprint density at radius 3 is 2.28 bits per heavy atom. The van der Waals surface area contributed by atoms with Crippen LogP contribution >= 0.6 is 0 Å². The first kappa shape index (κ1) is 14.2. The van der Waals surface area contributed by atoms with Crippen LogP contribution in [0.3, 0.4) is 0 Å². The first-order chi connectivity index (χ1) is 8.36. The molecule has 18 heavy (non-hydrogen) atoms. The van der Waals surface area contributed by atoms with Gasteiger partial charge in [-0.25, -0.2) is 4.79 Å². The van der Waals surface area contributed by atoms with Gasteiger partial charge in [0.15, 0.2) is 0 Å². The lowest BCUT2D eigenvalue weighted by Gasteiger charge is -2.04. The summed E-state index contributed by atoms with van der Waals surface area (Å²) in [5.74, 6) is -0.644. The average molecular weight is 270 g/mol. The van der Waals surface area contributed by atoms with E-state index in [1.165, 1.54) is 26.2 Å². The molecule has 5 nitrogen and oxygen atoms in total. The average Bonchev–Trinajstić information content (AvgIpc) is 2.35. The predicted molar refractivity (Wildman–Crippen MR) is 65.2 cm³/mol. The van der Waals surface area contributed by atoms with E-state index in [9.17, 15) is 13.2 Å². The van der Waals surface area contributed by atoms with E-state index in [0.29, 0.717) is 0 Å². The van der Waals surface area contributed by atoms with Gasteiger partial charge < -0.3 is 8.92 Å². The first-order valence-electron chi connectivity index (χ1n) is 5.12. The minimum atomic E-state index is -3.90. The van der Waals surface area contributed by atoms with E-state index in [0.717, 1.165) is 11.8 Å². The molecule has 1 aromatic carbocycles. The van der Waals surface area contributed by atoms with Crippen molar-refractivity contribution in [3.63, 3.8) is 0 Å². The molecule has 0 unspecified atom stereocenters. The maximum Gasteiger partial charge on any atom is 0.338 e. The van der Waals surface area contributed by atoms with Gasteiger partial charge in [-0.3, -0.25) is 0 Å². The van der Waals surface area contributed by atoms with Crippen molar-refractivity contribution in [1.82, 2.24) is 0 Å². The number of ether oxygens (including phenoxy) is 1. The maximum atomic E-state index is 11.7. The van der Waals surface area contributed by atoms with E-state index >= 15 is 0 Å². The lowest BCUT2D eigenvalue weighted by Crippen LogP contribution is -2.06. The van der Waals surface area contributed by atoms with Gasteiger partial charge in [0.05, 0.1) is 12.7 Å². The van der Waals surface area contributed by atoms with Gasteiger partial charge in [-0.05, 0) is 26.0 Å². The van der Waals surface area contributed by atoms with Crippen molar-refractivity contribution in [2.75, 3.05) is 7.11 Å². The summed E-state index contributed by atoms with van der Waals surface area (Å²) in [4.78, 5) is 11.1. The van der Waals surface area contributed by atoms with E-state index in [4.69, 9.17) is 0 Å². The Bertz CT molecular complexity index is 555. The smallest absolute Gasteiger partial charge is 0.338 e. The molecule has 0 spiro atoms. The molecule has 0 atom stereocenters. The number of methoxy groups -OCH3 is 1. The lowest BCUT2D eigenvalue weighted by molar-refractivity contribution is -0.136. The second-order valence-corrected chi connectivity index (χ2v) is 5.23. The van der Waals surface area contributed by atoms with Gasteiger partial charge in [0.2, 0.25) is 0 Å². The molecule has 0 saturated carbocycles. The van der Waals surface area contributed by atoms with Crippen molar-refractivity contribution in [3.8, 4) is 0 Å². The monoisotopic (exact) mass is 270 g/mol. The summed E-state index contributed by atoms with van der Waals surface area (Å²) in [5.41, 5.74) is 1.00. The Kier molecular flexibility index (Phi) is 4.49. The molecular formula is C12H14O5S. The Morgan fingerprint density at radius 2 is 1.78 bits per heavy atom. The Balaban J connectivity index is 2.90. The number of aryl methyl sites for hydroxylation is 1. The summed E-state index contributed by atoms with van der Waals surface area (Å²) in [5, 5.41) is 0. The number of hydrogen-bond acceptors (Lipinski definition) is 5. The van der Waals surface area contributed by atoms with Crippen LogP contribution in [0.1, 0.15) is 12.5 Å². The molecule has 0 N–H and O–H groups in total. The van der Waals surface area contributed by atoms with Crippen LogP contribution in [0.5, 0.6) is 0 Å². The summed E-state index contributed by atoms with van der Waals surface area (Å²) in [6.07, 6.45) is 0.862. The molecule has 0 aliphatic rings.